The Kier molecular flexibility index (Phi) is 2.26. The summed E-state index contributed by atoms with van der Waals surface area (Å²) < 4.78 is 0. The minimum Gasteiger partial charge on any atom is -0.354 e. The first-order chi connectivity index (χ1) is 6.16. The fraction of sp³-hybridized carbons (Fsp3) is 0.667. The molecule has 1 heterocycles. The van der Waals surface area contributed by atoms with Crippen molar-refractivity contribution in [1.29, 1.82) is 0 Å². The van der Waals surface area contributed by atoms with Crippen molar-refractivity contribution in [2.24, 2.45) is 5.73 Å². The summed E-state index contributed by atoms with van der Waals surface area (Å²) in [5.74, 6) is 0. The van der Waals surface area contributed by atoms with Crippen LogP contribution in [0.4, 0.5) is 5.13 Å². The first-order valence-electron chi connectivity index (χ1n) is 4.58. The summed E-state index contributed by atoms with van der Waals surface area (Å²) in [7, 11) is 4.06. The molecule has 1 aromatic rings. The standard InChI is InChI=1S/C9H15N3S/c1-12(2)9-11-7-4-3-6(10)5-8(7)13-9/h6H,3-5,10H2,1-2H3/t6-/m0/s1. The third-order valence-electron chi connectivity index (χ3n) is 2.35. The van der Waals surface area contributed by atoms with E-state index >= 15 is 0 Å². The number of anilines is 1. The zero-order chi connectivity index (χ0) is 9.42. The van der Waals surface area contributed by atoms with Gasteiger partial charge in [0.1, 0.15) is 0 Å². The molecule has 3 nitrogen and oxygen atoms in total. The molecule has 72 valence electrons. The van der Waals surface area contributed by atoms with E-state index in [1.165, 1.54) is 10.6 Å². The van der Waals surface area contributed by atoms with Crippen LogP contribution in [0.5, 0.6) is 0 Å². The molecule has 0 radical (unpaired) electrons. The third-order valence-corrected chi connectivity index (χ3v) is 3.64. The van der Waals surface area contributed by atoms with Gasteiger partial charge in [-0.1, -0.05) is 0 Å². The Balaban J connectivity index is 2.28. The molecule has 13 heavy (non-hydrogen) atoms. The Morgan fingerprint density at radius 3 is 3.00 bits per heavy atom. The molecule has 0 aliphatic heterocycles. The minimum absolute atomic E-state index is 0.350. The lowest BCUT2D eigenvalue weighted by molar-refractivity contribution is 0.576. The lowest BCUT2D eigenvalue weighted by Gasteiger charge is -2.15. The van der Waals surface area contributed by atoms with E-state index in [1.807, 2.05) is 14.1 Å². The Morgan fingerprint density at radius 2 is 2.31 bits per heavy atom. The van der Waals surface area contributed by atoms with E-state index in [-0.39, 0.29) is 0 Å². The Morgan fingerprint density at radius 1 is 1.54 bits per heavy atom. The van der Waals surface area contributed by atoms with Crippen molar-refractivity contribution >= 4 is 16.5 Å². The molecule has 1 atom stereocenters. The van der Waals surface area contributed by atoms with Crippen molar-refractivity contribution in [1.82, 2.24) is 4.98 Å². The molecule has 4 heteroatoms. The summed E-state index contributed by atoms with van der Waals surface area (Å²) in [6, 6.07) is 0.350. The van der Waals surface area contributed by atoms with Gasteiger partial charge in [0.25, 0.3) is 0 Å². The lowest BCUT2D eigenvalue weighted by atomic mass is 9.99. The second-order valence-electron chi connectivity index (χ2n) is 3.76. The number of fused-ring (bicyclic) bond motifs is 1. The maximum atomic E-state index is 5.90. The third kappa shape index (κ3) is 1.69. The molecule has 0 fully saturated rings. The zero-order valence-electron chi connectivity index (χ0n) is 8.08. The van der Waals surface area contributed by atoms with Gasteiger partial charge in [-0.3, -0.25) is 0 Å². The van der Waals surface area contributed by atoms with Gasteiger partial charge in [0.2, 0.25) is 0 Å². The number of hydrogen-bond donors (Lipinski definition) is 1. The highest BCUT2D eigenvalue weighted by Crippen LogP contribution is 2.30. The molecule has 1 aliphatic rings. The summed E-state index contributed by atoms with van der Waals surface area (Å²) in [5, 5.41) is 1.11. The number of rotatable bonds is 1. The van der Waals surface area contributed by atoms with Crippen LogP contribution in [0.3, 0.4) is 0 Å². The Hall–Kier alpha value is -0.610. The molecular formula is C9H15N3S. The van der Waals surface area contributed by atoms with Gasteiger partial charge in [-0.05, 0) is 19.3 Å². The quantitative estimate of drug-likeness (QED) is 0.731. The highest BCUT2D eigenvalue weighted by Gasteiger charge is 2.20. The van der Waals surface area contributed by atoms with Crippen LogP contribution in [-0.2, 0) is 12.8 Å². The summed E-state index contributed by atoms with van der Waals surface area (Å²) in [6.45, 7) is 0. The van der Waals surface area contributed by atoms with Gasteiger partial charge in [0.05, 0.1) is 5.69 Å². The van der Waals surface area contributed by atoms with Crippen molar-refractivity contribution in [2.45, 2.75) is 25.3 Å². The van der Waals surface area contributed by atoms with Gasteiger partial charge < -0.3 is 10.6 Å². The molecular weight excluding hydrogens is 182 g/mol. The molecule has 2 N–H and O–H groups in total. The van der Waals surface area contributed by atoms with Crippen LogP contribution in [0.1, 0.15) is 17.0 Å². The number of aryl methyl sites for hydroxylation is 1. The molecule has 0 unspecified atom stereocenters. The predicted octanol–water partition coefficient (Wildman–Crippen LogP) is 1.03. The maximum Gasteiger partial charge on any atom is 0.185 e. The smallest absolute Gasteiger partial charge is 0.185 e. The highest BCUT2D eigenvalue weighted by atomic mass is 32.1. The van der Waals surface area contributed by atoms with E-state index < -0.39 is 0 Å². The zero-order valence-corrected chi connectivity index (χ0v) is 8.90. The van der Waals surface area contributed by atoms with Crippen LogP contribution in [0.25, 0.3) is 0 Å². The van der Waals surface area contributed by atoms with Crippen molar-refractivity contribution in [2.75, 3.05) is 19.0 Å². The average Bonchev–Trinajstić information content (AvgIpc) is 2.46. The van der Waals surface area contributed by atoms with E-state index in [0.29, 0.717) is 6.04 Å². The SMILES string of the molecule is CN(C)c1nc2c(s1)C[C@@H](N)CC2. The summed E-state index contributed by atoms with van der Waals surface area (Å²) >= 11 is 1.78. The Labute approximate surface area is 82.6 Å². The summed E-state index contributed by atoms with van der Waals surface area (Å²) in [4.78, 5) is 8.03. The molecule has 1 aliphatic carbocycles. The van der Waals surface area contributed by atoms with Crippen LogP contribution < -0.4 is 10.6 Å². The number of aromatic nitrogens is 1. The van der Waals surface area contributed by atoms with E-state index in [0.717, 1.165) is 24.4 Å². The predicted molar refractivity (Wildman–Crippen MR) is 56.4 cm³/mol. The molecule has 0 saturated heterocycles. The molecule has 1 aromatic heterocycles. The Bertz CT molecular complexity index is 306. The van der Waals surface area contributed by atoms with Crippen LogP contribution in [-0.4, -0.2) is 25.1 Å². The van der Waals surface area contributed by atoms with Gasteiger partial charge >= 0.3 is 0 Å². The van der Waals surface area contributed by atoms with Gasteiger partial charge in [-0.25, -0.2) is 4.98 Å². The van der Waals surface area contributed by atoms with Crippen LogP contribution in [0.15, 0.2) is 0 Å². The van der Waals surface area contributed by atoms with E-state index in [9.17, 15) is 0 Å². The van der Waals surface area contributed by atoms with E-state index in [1.54, 1.807) is 11.3 Å². The number of nitrogens with zero attached hydrogens (tertiary/aromatic N) is 2. The second-order valence-corrected chi connectivity index (χ2v) is 4.83. The normalized spacial score (nSPS) is 21.3. The fourth-order valence-electron chi connectivity index (χ4n) is 1.58. The number of nitrogens with two attached hydrogens (primary N) is 1. The van der Waals surface area contributed by atoms with Crippen LogP contribution in [0, 0.1) is 0 Å². The molecule has 2 rings (SSSR count). The molecule has 0 saturated carbocycles. The fourth-order valence-corrected chi connectivity index (χ4v) is 2.70. The molecule has 0 aromatic carbocycles. The topological polar surface area (TPSA) is 42.2 Å². The van der Waals surface area contributed by atoms with Crippen molar-refractivity contribution < 1.29 is 0 Å². The highest BCUT2D eigenvalue weighted by molar-refractivity contribution is 7.15. The number of hydrogen-bond acceptors (Lipinski definition) is 4. The monoisotopic (exact) mass is 197 g/mol. The first kappa shape index (κ1) is 8.97. The summed E-state index contributed by atoms with van der Waals surface area (Å²) in [6.07, 6.45) is 3.16. The lowest BCUT2D eigenvalue weighted by Crippen LogP contribution is -2.27. The van der Waals surface area contributed by atoms with Crippen LogP contribution >= 0.6 is 11.3 Å². The second kappa shape index (κ2) is 3.27. The first-order valence-corrected chi connectivity index (χ1v) is 5.40. The van der Waals surface area contributed by atoms with Crippen molar-refractivity contribution in [3.8, 4) is 0 Å². The molecule has 0 amide bonds. The molecule has 0 spiro atoms. The van der Waals surface area contributed by atoms with Crippen molar-refractivity contribution in [3.05, 3.63) is 10.6 Å². The van der Waals surface area contributed by atoms with Gasteiger partial charge in [0, 0.05) is 25.0 Å². The number of thiazole rings is 1. The van der Waals surface area contributed by atoms with Crippen molar-refractivity contribution in [3.63, 3.8) is 0 Å². The van der Waals surface area contributed by atoms with E-state index in [2.05, 4.69) is 9.88 Å². The minimum atomic E-state index is 0.350. The van der Waals surface area contributed by atoms with Gasteiger partial charge in [-0.2, -0.15) is 0 Å². The van der Waals surface area contributed by atoms with Gasteiger partial charge in [-0.15, -0.1) is 11.3 Å². The average molecular weight is 197 g/mol. The van der Waals surface area contributed by atoms with E-state index in [4.69, 9.17) is 5.73 Å². The van der Waals surface area contributed by atoms with Gasteiger partial charge in [0.15, 0.2) is 5.13 Å². The molecule has 0 bridgehead atoms. The maximum absolute atomic E-state index is 5.90. The van der Waals surface area contributed by atoms with Crippen LogP contribution in [0.2, 0.25) is 0 Å². The summed E-state index contributed by atoms with van der Waals surface area (Å²) in [5.41, 5.74) is 7.17. The largest absolute Gasteiger partial charge is 0.354 e.